The zero-order valence-electron chi connectivity index (χ0n) is 6.01. The third-order valence-electron chi connectivity index (χ3n) is 0.906. The minimum atomic E-state index is -4.34. The molecule has 0 atom stereocenters. The van der Waals surface area contributed by atoms with Gasteiger partial charge in [-0.05, 0) is 0 Å². The monoisotopic (exact) mass is 275 g/mol. The molecule has 0 saturated heterocycles. The molecule has 0 bridgehead atoms. The Morgan fingerprint density at radius 3 is 2.15 bits per heavy atom. The van der Waals surface area contributed by atoms with E-state index in [1.54, 1.807) is 0 Å². The topological polar surface area (TPSA) is 47.0 Å². The van der Waals surface area contributed by atoms with Gasteiger partial charge in [0.2, 0.25) is 0 Å². The van der Waals surface area contributed by atoms with Crippen molar-refractivity contribution in [2.75, 3.05) is 0 Å². The Morgan fingerprint density at radius 1 is 1.38 bits per heavy atom. The summed E-state index contributed by atoms with van der Waals surface area (Å²) in [6.45, 7) is 0. The van der Waals surface area contributed by atoms with Gasteiger partial charge < -0.3 is 0 Å². The third-order valence-corrected chi connectivity index (χ3v) is 0.906. The Labute approximate surface area is 79.5 Å². The second-order valence-corrected chi connectivity index (χ2v) is 2.01. The molecule has 0 aliphatic rings. The maximum atomic E-state index is 11.7. The SMILES string of the molecule is FC(F)(F)c1cc[c-]cn1.[O]=[Tc+]=[O]. The molecule has 0 radical (unpaired) electrons. The fourth-order valence-corrected chi connectivity index (χ4v) is 0.488. The number of nitrogens with zero attached hydrogens (tertiary/aromatic N) is 1. The van der Waals surface area contributed by atoms with Gasteiger partial charge in [0.15, 0.2) is 0 Å². The summed E-state index contributed by atoms with van der Waals surface area (Å²) in [5.74, 6) is 0. The number of aromatic nitrogens is 1. The van der Waals surface area contributed by atoms with Gasteiger partial charge in [-0.2, -0.15) is 19.2 Å². The average molecular weight is 276 g/mol. The molecule has 0 N–H and O–H groups in total. The van der Waals surface area contributed by atoms with Crippen molar-refractivity contribution in [1.82, 2.24) is 4.98 Å². The fraction of sp³-hybridized carbons (Fsp3) is 0.167. The normalized spacial score (nSPS) is 9.77. The van der Waals surface area contributed by atoms with Crippen molar-refractivity contribution in [1.29, 1.82) is 0 Å². The molecule has 0 saturated carbocycles. The van der Waals surface area contributed by atoms with Gasteiger partial charge in [-0.1, -0.05) is 6.20 Å². The fourth-order valence-electron chi connectivity index (χ4n) is 0.488. The van der Waals surface area contributed by atoms with Crippen molar-refractivity contribution in [2.45, 2.75) is 6.18 Å². The van der Waals surface area contributed by atoms with Crippen molar-refractivity contribution in [3.63, 3.8) is 0 Å². The van der Waals surface area contributed by atoms with Gasteiger partial charge in [0.25, 0.3) is 0 Å². The van der Waals surface area contributed by atoms with E-state index in [0.29, 0.717) is 0 Å². The zero-order chi connectivity index (χ0) is 10.3. The molecule has 7 heteroatoms. The van der Waals surface area contributed by atoms with E-state index in [1.807, 2.05) is 0 Å². The molecule has 13 heavy (non-hydrogen) atoms. The summed E-state index contributed by atoms with van der Waals surface area (Å²) in [6.07, 6.45) is -3.35. The van der Waals surface area contributed by atoms with Crippen LogP contribution in [0.4, 0.5) is 13.2 Å². The van der Waals surface area contributed by atoms with Gasteiger partial charge in [-0.3, -0.25) is 4.98 Å². The Kier molecular flexibility index (Phi) is 5.41. The molecule has 3 nitrogen and oxygen atoms in total. The summed E-state index contributed by atoms with van der Waals surface area (Å²) < 4.78 is 52.1. The first-order valence-corrected chi connectivity index (χ1v) is 4.32. The minimum absolute atomic E-state index is 0.875. The number of rotatable bonds is 0. The number of pyridine rings is 1. The van der Waals surface area contributed by atoms with Crippen molar-refractivity contribution in [3.8, 4) is 0 Å². The van der Waals surface area contributed by atoms with Crippen LogP contribution in [-0.4, -0.2) is 4.98 Å². The molecule has 0 aliphatic heterocycles. The van der Waals surface area contributed by atoms with Crippen LogP contribution in [0.3, 0.4) is 0 Å². The van der Waals surface area contributed by atoms with Crippen LogP contribution in [-0.2, 0) is 30.8 Å². The Balaban J connectivity index is 0.000000424. The van der Waals surface area contributed by atoms with Crippen LogP contribution in [0.25, 0.3) is 0 Å². The van der Waals surface area contributed by atoms with Crippen LogP contribution >= 0.6 is 0 Å². The van der Waals surface area contributed by atoms with Crippen LogP contribution < -0.4 is 0 Å². The molecule has 0 spiro atoms. The standard InChI is InChI=1S/C6H3F3N.2O.Tc/c7-6(8,9)5-3-1-2-4-10-5;;;/h1,3-4H;;;/q-1;;;+1. The van der Waals surface area contributed by atoms with E-state index < -0.39 is 29.5 Å². The Bertz CT molecular complexity index is 282. The van der Waals surface area contributed by atoms with Crippen LogP contribution in [0.15, 0.2) is 18.3 Å². The van der Waals surface area contributed by atoms with Gasteiger partial charge in [0.05, 0.1) is 5.69 Å². The molecule has 72 valence electrons. The Morgan fingerprint density at radius 2 is 1.92 bits per heavy atom. The first-order chi connectivity index (χ1) is 6.02. The predicted octanol–water partition coefficient (Wildman–Crippen LogP) is 1.66. The van der Waals surface area contributed by atoms with E-state index >= 15 is 0 Å². The van der Waals surface area contributed by atoms with E-state index in [0.717, 1.165) is 12.3 Å². The second-order valence-electron chi connectivity index (χ2n) is 1.70. The molecule has 0 fully saturated rings. The molecule has 0 aliphatic carbocycles. The van der Waals surface area contributed by atoms with Crippen LogP contribution in [0, 0.1) is 6.07 Å². The second kappa shape index (κ2) is 5.77. The summed E-state index contributed by atoms with van der Waals surface area (Å²) in [5, 5.41) is 0. The van der Waals surface area contributed by atoms with E-state index in [2.05, 4.69) is 11.1 Å². The molecule has 0 amide bonds. The first kappa shape index (κ1) is 12.2. The van der Waals surface area contributed by atoms with Crippen LogP contribution in [0.2, 0.25) is 0 Å². The van der Waals surface area contributed by atoms with Gasteiger partial charge in [0, 0.05) is 0 Å². The number of hydrogen-bond acceptors (Lipinski definition) is 3. The number of alkyl halides is 3. The van der Waals surface area contributed by atoms with E-state index in [-0.39, 0.29) is 0 Å². The summed E-state index contributed by atoms with van der Waals surface area (Å²) in [4.78, 5) is 3.07. The van der Waals surface area contributed by atoms with E-state index in [4.69, 9.17) is 7.01 Å². The molecule has 0 unspecified atom stereocenters. The number of halogens is 3. The van der Waals surface area contributed by atoms with Crippen LogP contribution in [0.1, 0.15) is 5.69 Å². The van der Waals surface area contributed by atoms with Gasteiger partial charge >= 0.3 is 30.8 Å². The predicted molar refractivity (Wildman–Crippen MR) is 29.4 cm³/mol. The first-order valence-electron chi connectivity index (χ1n) is 2.81. The van der Waals surface area contributed by atoms with Crippen molar-refractivity contribution in [3.05, 3.63) is 30.1 Å². The molecule has 1 rings (SSSR count). The molecule has 1 aromatic heterocycles. The summed E-state index contributed by atoms with van der Waals surface area (Å²) >= 11 is -1.91. The van der Waals surface area contributed by atoms with Gasteiger partial charge in [-0.25, -0.2) is 12.1 Å². The maximum absolute atomic E-state index is 11.7. The average Bonchev–Trinajstić information content (AvgIpc) is 2.06. The van der Waals surface area contributed by atoms with E-state index in [1.165, 1.54) is 6.07 Å². The Hall–Kier alpha value is -0.811. The molecule has 1 aromatic rings. The van der Waals surface area contributed by atoms with Crippen molar-refractivity contribution in [2.24, 2.45) is 0 Å². The van der Waals surface area contributed by atoms with Crippen molar-refractivity contribution >= 4 is 0 Å². The molecular weight excluding hydrogens is 273 g/mol. The third kappa shape index (κ3) is 5.43. The zero-order valence-corrected chi connectivity index (χ0v) is 7.87. The van der Waals surface area contributed by atoms with Crippen molar-refractivity contribution < 1.29 is 37.8 Å². The molecular formula is C6H3F3NO2Tc. The summed E-state index contributed by atoms with van der Waals surface area (Å²) in [7, 11) is 0. The quantitative estimate of drug-likeness (QED) is 0.677. The van der Waals surface area contributed by atoms with E-state index in [9.17, 15) is 13.2 Å². The number of hydrogen-bond donors (Lipinski definition) is 0. The van der Waals surface area contributed by atoms with Gasteiger partial charge in [0.1, 0.15) is 0 Å². The van der Waals surface area contributed by atoms with Gasteiger partial charge in [-0.15, -0.1) is 0 Å². The molecule has 1 heterocycles. The molecule has 0 aromatic carbocycles. The summed E-state index contributed by atoms with van der Waals surface area (Å²) in [6, 6.07) is 4.45. The van der Waals surface area contributed by atoms with Crippen LogP contribution in [0.5, 0.6) is 0 Å². The summed E-state index contributed by atoms with van der Waals surface area (Å²) in [5.41, 5.74) is -0.883.